The number of rotatable bonds is 1. The van der Waals surface area contributed by atoms with Crippen LogP contribution in [-0.2, 0) is 0 Å². The first-order chi connectivity index (χ1) is 7.77. The fourth-order valence-corrected chi connectivity index (χ4v) is 2.22. The van der Waals surface area contributed by atoms with Crippen LogP contribution in [0, 0.1) is 22.7 Å². The average Bonchev–Trinajstić information content (AvgIpc) is 2.82. The molecule has 0 spiro atoms. The van der Waals surface area contributed by atoms with E-state index in [1.807, 2.05) is 12.1 Å². The number of nitriles is 2. The molecule has 0 amide bonds. The maximum absolute atomic E-state index is 9.11. The lowest BCUT2D eigenvalue weighted by atomic mass is 10.1. The highest BCUT2D eigenvalue weighted by Gasteiger charge is 2.19. The summed E-state index contributed by atoms with van der Waals surface area (Å²) in [5.41, 5.74) is 1.63. The molecular weight excluding hydrogens is 222 g/mol. The lowest BCUT2D eigenvalue weighted by molar-refractivity contribution is 0.949. The van der Waals surface area contributed by atoms with Crippen LogP contribution in [0.3, 0.4) is 0 Å². The van der Waals surface area contributed by atoms with Crippen molar-refractivity contribution in [1.29, 1.82) is 10.5 Å². The Balaban J connectivity index is 2.51. The summed E-state index contributed by atoms with van der Waals surface area (Å²) in [4.78, 5) is 2.14. The molecule has 0 N–H and O–H groups in total. The fourth-order valence-electron chi connectivity index (χ4n) is 1.98. The van der Waals surface area contributed by atoms with Gasteiger partial charge in [-0.1, -0.05) is 11.6 Å². The van der Waals surface area contributed by atoms with Crippen LogP contribution in [0.5, 0.6) is 0 Å². The molecule has 0 atom stereocenters. The van der Waals surface area contributed by atoms with Gasteiger partial charge >= 0.3 is 0 Å². The van der Waals surface area contributed by atoms with Gasteiger partial charge in [-0.3, -0.25) is 0 Å². The number of hydrogen-bond acceptors (Lipinski definition) is 3. The molecule has 1 saturated heterocycles. The van der Waals surface area contributed by atoms with E-state index in [9.17, 15) is 0 Å². The highest BCUT2D eigenvalue weighted by molar-refractivity contribution is 6.33. The van der Waals surface area contributed by atoms with Crippen LogP contribution in [0.4, 0.5) is 5.69 Å². The van der Waals surface area contributed by atoms with E-state index in [0.717, 1.165) is 31.6 Å². The fraction of sp³-hybridized carbons (Fsp3) is 0.333. The first-order valence-electron chi connectivity index (χ1n) is 5.15. The van der Waals surface area contributed by atoms with Crippen LogP contribution in [0.15, 0.2) is 12.1 Å². The third kappa shape index (κ3) is 1.71. The first kappa shape index (κ1) is 10.8. The van der Waals surface area contributed by atoms with Gasteiger partial charge in [-0.2, -0.15) is 10.5 Å². The van der Waals surface area contributed by atoms with Gasteiger partial charge in [0.1, 0.15) is 12.1 Å². The first-order valence-corrected chi connectivity index (χ1v) is 5.53. The normalized spacial score (nSPS) is 14.6. The Morgan fingerprint density at radius 3 is 2.38 bits per heavy atom. The lowest BCUT2D eigenvalue weighted by Gasteiger charge is -2.19. The summed E-state index contributed by atoms with van der Waals surface area (Å²) in [6.45, 7) is 1.91. The molecule has 2 rings (SSSR count). The van der Waals surface area contributed by atoms with Gasteiger partial charge in [0.2, 0.25) is 0 Å². The van der Waals surface area contributed by atoms with Crippen molar-refractivity contribution in [2.24, 2.45) is 0 Å². The summed E-state index contributed by atoms with van der Waals surface area (Å²) in [5, 5.41) is 18.2. The molecule has 0 bridgehead atoms. The Bertz CT molecular complexity index is 490. The smallest absolute Gasteiger partial charge is 0.103 e. The second kappa shape index (κ2) is 4.43. The molecule has 3 nitrogen and oxygen atoms in total. The number of benzene rings is 1. The summed E-state index contributed by atoms with van der Waals surface area (Å²) in [6, 6.07) is 7.57. The third-order valence-electron chi connectivity index (χ3n) is 2.80. The minimum Gasteiger partial charge on any atom is -0.370 e. The van der Waals surface area contributed by atoms with E-state index >= 15 is 0 Å². The predicted octanol–water partition coefficient (Wildman–Crippen LogP) is 2.68. The van der Waals surface area contributed by atoms with Gasteiger partial charge in [-0.15, -0.1) is 0 Å². The molecule has 1 heterocycles. The van der Waals surface area contributed by atoms with Crippen LogP contribution in [0.1, 0.15) is 24.0 Å². The minimum absolute atomic E-state index is 0.273. The molecule has 1 aromatic carbocycles. The Morgan fingerprint density at radius 2 is 1.81 bits per heavy atom. The molecule has 4 heteroatoms. The average molecular weight is 232 g/mol. The van der Waals surface area contributed by atoms with Crippen LogP contribution in [0.2, 0.25) is 5.02 Å². The van der Waals surface area contributed by atoms with Crippen LogP contribution >= 0.6 is 11.6 Å². The number of halogens is 1. The number of anilines is 1. The third-order valence-corrected chi connectivity index (χ3v) is 3.19. The van der Waals surface area contributed by atoms with Gasteiger partial charge in [0.15, 0.2) is 0 Å². The summed E-state index contributed by atoms with van der Waals surface area (Å²) in [6.07, 6.45) is 2.28. The van der Waals surface area contributed by atoms with E-state index < -0.39 is 0 Å². The predicted molar refractivity (Wildman–Crippen MR) is 62.3 cm³/mol. The summed E-state index contributed by atoms with van der Waals surface area (Å²) >= 11 is 6.02. The van der Waals surface area contributed by atoms with Crippen molar-refractivity contribution in [2.45, 2.75) is 12.8 Å². The lowest BCUT2D eigenvalue weighted by Crippen LogP contribution is -2.19. The molecule has 0 aromatic heterocycles. The van der Waals surface area contributed by atoms with Crippen molar-refractivity contribution in [1.82, 2.24) is 0 Å². The van der Waals surface area contributed by atoms with Gasteiger partial charge in [-0.25, -0.2) is 0 Å². The minimum atomic E-state index is 0.273. The highest BCUT2D eigenvalue weighted by atomic mass is 35.5. The van der Waals surface area contributed by atoms with Crippen molar-refractivity contribution in [3.05, 3.63) is 28.3 Å². The molecule has 0 saturated carbocycles. The molecule has 1 fully saturated rings. The van der Waals surface area contributed by atoms with Crippen molar-refractivity contribution in [2.75, 3.05) is 18.0 Å². The summed E-state index contributed by atoms with van der Waals surface area (Å²) in [5.74, 6) is 0. The highest BCUT2D eigenvalue weighted by Crippen LogP contribution is 2.31. The van der Waals surface area contributed by atoms with Crippen molar-refractivity contribution in [3.8, 4) is 12.1 Å². The quantitative estimate of drug-likeness (QED) is 0.747. The van der Waals surface area contributed by atoms with E-state index in [-0.39, 0.29) is 5.02 Å². The molecule has 1 aromatic rings. The molecule has 80 valence electrons. The van der Waals surface area contributed by atoms with Crippen LogP contribution in [-0.4, -0.2) is 13.1 Å². The van der Waals surface area contributed by atoms with E-state index in [2.05, 4.69) is 11.0 Å². The summed E-state index contributed by atoms with van der Waals surface area (Å²) in [7, 11) is 0. The van der Waals surface area contributed by atoms with Gasteiger partial charge in [0, 0.05) is 13.1 Å². The van der Waals surface area contributed by atoms with Gasteiger partial charge in [-0.05, 0) is 25.0 Å². The zero-order valence-electron chi connectivity index (χ0n) is 8.70. The molecule has 1 aliphatic heterocycles. The van der Waals surface area contributed by atoms with Gasteiger partial charge in [0.25, 0.3) is 0 Å². The largest absolute Gasteiger partial charge is 0.370 e. The van der Waals surface area contributed by atoms with E-state index in [1.165, 1.54) is 0 Å². The molecule has 0 unspecified atom stereocenters. The molecular formula is C12H10ClN3. The Labute approximate surface area is 99.5 Å². The van der Waals surface area contributed by atoms with Crippen molar-refractivity contribution >= 4 is 17.3 Å². The maximum Gasteiger partial charge on any atom is 0.103 e. The van der Waals surface area contributed by atoms with E-state index in [4.69, 9.17) is 22.1 Å². The van der Waals surface area contributed by atoms with E-state index in [1.54, 1.807) is 6.07 Å². The SMILES string of the molecule is N#Cc1ccc(N2CCCC2)c(C#N)c1Cl. The van der Waals surface area contributed by atoms with E-state index in [0.29, 0.717) is 11.1 Å². The number of hydrogen-bond donors (Lipinski definition) is 0. The molecule has 1 aliphatic rings. The monoisotopic (exact) mass is 231 g/mol. The van der Waals surface area contributed by atoms with Crippen molar-refractivity contribution in [3.63, 3.8) is 0 Å². The van der Waals surface area contributed by atoms with Crippen LogP contribution < -0.4 is 4.90 Å². The standard InChI is InChI=1S/C12H10ClN3/c13-12-9(7-14)3-4-11(10(12)8-15)16-5-1-2-6-16/h3-4H,1-2,5-6H2. The Kier molecular flexibility index (Phi) is 2.99. The maximum atomic E-state index is 9.11. The topological polar surface area (TPSA) is 50.8 Å². The number of nitrogens with zero attached hydrogens (tertiary/aromatic N) is 3. The Hall–Kier alpha value is -1.71. The molecule has 0 radical (unpaired) electrons. The second-order valence-electron chi connectivity index (χ2n) is 3.74. The van der Waals surface area contributed by atoms with Crippen molar-refractivity contribution < 1.29 is 0 Å². The second-order valence-corrected chi connectivity index (χ2v) is 4.12. The zero-order valence-corrected chi connectivity index (χ0v) is 9.46. The molecule has 16 heavy (non-hydrogen) atoms. The summed E-state index contributed by atoms with van der Waals surface area (Å²) < 4.78 is 0. The van der Waals surface area contributed by atoms with Crippen LogP contribution in [0.25, 0.3) is 0 Å². The Morgan fingerprint density at radius 1 is 1.12 bits per heavy atom. The van der Waals surface area contributed by atoms with Gasteiger partial charge < -0.3 is 4.90 Å². The van der Waals surface area contributed by atoms with Gasteiger partial charge in [0.05, 0.1) is 21.8 Å². The zero-order chi connectivity index (χ0) is 11.5. The molecule has 0 aliphatic carbocycles.